The highest BCUT2D eigenvalue weighted by Crippen LogP contribution is 2.32. The molecule has 1 aliphatic heterocycles. The number of fused-ring (bicyclic) bond motifs is 1. The Hall–Kier alpha value is -2.88. The summed E-state index contributed by atoms with van der Waals surface area (Å²) in [5.74, 6) is 0.140. The van der Waals surface area contributed by atoms with Crippen molar-refractivity contribution in [2.45, 2.75) is 39.7 Å². The lowest BCUT2D eigenvalue weighted by molar-refractivity contribution is -0.118. The van der Waals surface area contributed by atoms with Crippen LogP contribution in [-0.4, -0.2) is 21.7 Å². The number of benzene rings is 2. The number of carbonyl (C=O) groups is 1. The lowest BCUT2D eigenvalue weighted by Crippen LogP contribution is -2.37. The molecule has 0 bridgehead atoms. The molecule has 4 rings (SSSR count). The van der Waals surface area contributed by atoms with Crippen LogP contribution in [0.25, 0.3) is 5.69 Å². The lowest BCUT2D eigenvalue weighted by Gasteiger charge is -2.23. The fraction of sp³-hybridized carbons (Fsp3) is 0.273. The van der Waals surface area contributed by atoms with Crippen molar-refractivity contribution in [1.29, 1.82) is 0 Å². The van der Waals surface area contributed by atoms with E-state index in [1.807, 2.05) is 72.0 Å². The first-order chi connectivity index (χ1) is 12.6. The molecule has 4 nitrogen and oxygen atoms in total. The van der Waals surface area contributed by atoms with E-state index in [-0.39, 0.29) is 11.9 Å². The molecule has 1 aliphatic rings. The molecule has 1 aromatic heterocycles. The molecule has 4 heteroatoms. The highest BCUT2D eigenvalue weighted by Gasteiger charge is 2.31. The Bertz CT molecular complexity index is 959. The van der Waals surface area contributed by atoms with Crippen LogP contribution in [0.15, 0.2) is 54.6 Å². The summed E-state index contributed by atoms with van der Waals surface area (Å²) in [4.78, 5) is 15.1. The molecular formula is C22H23N3O. The third-order valence-electron chi connectivity index (χ3n) is 5.25. The Morgan fingerprint density at radius 3 is 2.54 bits per heavy atom. The molecule has 1 atom stereocenters. The second-order valence-corrected chi connectivity index (χ2v) is 7.02. The van der Waals surface area contributed by atoms with Gasteiger partial charge in [0.2, 0.25) is 5.91 Å². The first-order valence-corrected chi connectivity index (χ1v) is 9.06. The number of para-hydroxylation sites is 2. The van der Waals surface area contributed by atoms with Gasteiger partial charge in [-0.05, 0) is 51.0 Å². The smallest absolute Gasteiger partial charge is 0.231 e. The molecule has 0 saturated carbocycles. The predicted molar refractivity (Wildman–Crippen MR) is 104 cm³/mol. The number of hydrogen-bond donors (Lipinski definition) is 0. The molecule has 0 fully saturated rings. The average molecular weight is 345 g/mol. The normalized spacial score (nSPS) is 16.0. The van der Waals surface area contributed by atoms with Gasteiger partial charge in [-0.15, -0.1) is 0 Å². The largest absolute Gasteiger partial charge is 0.309 e. The zero-order chi connectivity index (χ0) is 18.3. The average Bonchev–Trinajstić information content (AvgIpc) is 3.13. The van der Waals surface area contributed by atoms with Crippen LogP contribution in [0.2, 0.25) is 0 Å². The molecule has 0 saturated heterocycles. The van der Waals surface area contributed by atoms with Crippen LogP contribution in [0, 0.1) is 13.8 Å². The van der Waals surface area contributed by atoms with Gasteiger partial charge in [-0.2, -0.15) is 5.10 Å². The van der Waals surface area contributed by atoms with Gasteiger partial charge in [0.1, 0.15) is 0 Å². The topological polar surface area (TPSA) is 38.1 Å². The van der Waals surface area contributed by atoms with Crippen molar-refractivity contribution in [3.05, 3.63) is 77.1 Å². The van der Waals surface area contributed by atoms with Crippen LogP contribution < -0.4 is 4.90 Å². The minimum absolute atomic E-state index is 0.140. The van der Waals surface area contributed by atoms with Crippen LogP contribution in [0.5, 0.6) is 0 Å². The summed E-state index contributed by atoms with van der Waals surface area (Å²) < 4.78 is 1.93. The van der Waals surface area contributed by atoms with Crippen LogP contribution in [0.1, 0.15) is 29.4 Å². The number of hydrogen-bond acceptors (Lipinski definition) is 2. The first kappa shape index (κ1) is 16.6. The summed E-state index contributed by atoms with van der Waals surface area (Å²) in [6.07, 6.45) is 1.30. The maximum Gasteiger partial charge on any atom is 0.231 e. The molecule has 0 unspecified atom stereocenters. The molecule has 0 aliphatic carbocycles. The van der Waals surface area contributed by atoms with E-state index in [0.717, 1.165) is 34.7 Å². The van der Waals surface area contributed by atoms with Gasteiger partial charge in [0, 0.05) is 23.0 Å². The predicted octanol–water partition coefficient (Wildman–Crippen LogP) is 4.01. The van der Waals surface area contributed by atoms with Crippen molar-refractivity contribution < 1.29 is 4.79 Å². The fourth-order valence-electron chi connectivity index (χ4n) is 3.93. The highest BCUT2D eigenvalue weighted by molar-refractivity contribution is 5.97. The van der Waals surface area contributed by atoms with Crippen LogP contribution in [0.4, 0.5) is 5.69 Å². The minimum atomic E-state index is 0.140. The minimum Gasteiger partial charge on any atom is -0.309 e. The second-order valence-electron chi connectivity index (χ2n) is 7.02. The summed E-state index contributed by atoms with van der Waals surface area (Å²) in [5, 5.41) is 4.67. The number of rotatable bonds is 3. The van der Waals surface area contributed by atoms with E-state index < -0.39 is 0 Å². The molecule has 132 valence electrons. The van der Waals surface area contributed by atoms with Crippen molar-refractivity contribution in [1.82, 2.24) is 9.78 Å². The molecule has 0 N–H and O–H groups in total. The molecule has 1 amide bonds. The molecular weight excluding hydrogens is 322 g/mol. The zero-order valence-corrected chi connectivity index (χ0v) is 15.4. The summed E-state index contributed by atoms with van der Waals surface area (Å²) >= 11 is 0. The Morgan fingerprint density at radius 1 is 1.08 bits per heavy atom. The number of carbonyl (C=O) groups excluding carboxylic acids is 1. The fourth-order valence-corrected chi connectivity index (χ4v) is 3.93. The number of aryl methyl sites for hydroxylation is 1. The third-order valence-corrected chi connectivity index (χ3v) is 5.25. The van der Waals surface area contributed by atoms with Gasteiger partial charge < -0.3 is 4.90 Å². The summed E-state index contributed by atoms with van der Waals surface area (Å²) in [6.45, 7) is 6.14. The zero-order valence-electron chi connectivity index (χ0n) is 15.4. The van der Waals surface area contributed by atoms with Gasteiger partial charge in [-0.25, -0.2) is 4.68 Å². The second kappa shape index (κ2) is 6.45. The lowest BCUT2D eigenvalue weighted by atomic mass is 10.1. The third kappa shape index (κ3) is 2.71. The Morgan fingerprint density at radius 2 is 1.77 bits per heavy atom. The van der Waals surface area contributed by atoms with E-state index in [0.29, 0.717) is 6.42 Å². The van der Waals surface area contributed by atoms with Crippen LogP contribution in [-0.2, 0) is 17.6 Å². The van der Waals surface area contributed by atoms with Crippen molar-refractivity contribution in [2.75, 3.05) is 4.90 Å². The maximum atomic E-state index is 13.1. The van der Waals surface area contributed by atoms with Crippen molar-refractivity contribution >= 4 is 11.6 Å². The number of aromatic nitrogens is 2. The number of amides is 1. The van der Waals surface area contributed by atoms with E-state index in [9.17, 15) is 4.79 Å². The highest BCUT2D eigenvalue weighted by atomic mass is 16.2. The SMILES string of the molecule is Cc1nn(-c2ccccc2)c(C)c1CC(=O)N1c2ccccc2C[C@@H]1C. The van der Waals surface area contributed by atoms with Crippen molar-refractivity contribution in [3.8, 4) is 5.69 Å². The van der Waals surface area contributed by atoms with Crippen LogP contribution in [0.3, 0.4) is 0 Å². The summed E-state index contributed by atoms with van der Waals surface area (Å²) in [5.41, 5.74) is 6.29. The number of nitrogens with zero attached hydrogens (tertiary/aromatic N) is 3. The number of anilines is 1. The van der Waals surface area contributed by atoms with Crippen molar-refractivity contribution in [2.24, 2.45) is 0 Å². The van der Waals surface area contributed by atoms with Crippen molar-refractivity contribution in [3.63, 3.8) is 0 Å². The molecule has 26 heavy (non-hydrogen) atoms. The van der Waals surface area contributed by atoms with Gasteiger partial charge in [-0.1, -0.05) is 36.4 Å². The van der Waals surface area contributed by atoms with E-state index in [1.165, 1.54) is 5.56 Å². The maximum absolute atomic E-state index is 13.1. The van der Waals surface area contributed by atoms with E-state index in [4.69, 9.17) is 0 Å². The van der Waals surface area contributed by atoms with E-state index >= 15 is 0 Å². The molecule has 3 aromatic rings. The summed E-state index contributed by atoms with van der Waals surface area (Å²) in [6, 6.07) is 18.5. The van der Waals surface area contributed by atoms with E-state index in [1.54, 1.807) is 0 Å². The van der Waals surface area contributed by atoms with Gasteiger partial charge in [0.15, 0.2) is 0 Å². The molecule has 2 aromatic carbocycles. The standard InChI is InChI=1S/C22H23N3O/c1-15-13-18-9-7-8-12-21(18)24(15)22(26)14-20-16(2)23-25(17(20)3)19-10-5-4-6-11-19/h4-12,15H,13-14H2,1-3H3/t15-/m0/s1. The van der Waals surface area contributed by atoms with Gasteiger partial charge in [0.25, 0.3) is 0 Å². The molecule has 0 spiro atoms. The van der Waals surface area contributed by atoms with Gasteiger partial charge >= 0.3 is 0 Å². The monoisotopic (exact) mass is 345 g/mol. The molecule has 0 radical (unpaired) electrons. The van der Waals surface area contributed by atoms with Gasteiger partial charge in [0.05, 0.1) is 17.8 Å². The Balaban J connectivity index is 1.64. The quantitative estimate of drug-likeness (QED) is 0.719. The Kier molecular flexibility index (Phi) is 4.11. The molecule has 2 heterocycles. The first-order valence-electron chi connectivity index (χ1n) is 9.06. The van der Waals surface area contributed by atoms with Crippen LogP contribution >= 0.6 is 0 Å². The summed E-state index contributed by atoms with van der Waals surface area (Å²) in [7, 11) is 0. The van der Waals surface area contributed by atoms with E-state index in [2.05, 4.69) is 18.1 Å². The van der Waals surface area contributed by atoms with Gasteiger partial charge in [-0.3, -0.25) is 4.79 Å². The Labute approximate surface area is 154 Å².